The van der Waals surface area contributed by atoms with Crippen molar-refractivity contribution in [3.05, 3.63) is 59.7 Å². The summed E-state index contributed by atoms with van der Waals surface area (Å²) in [4.78, 5) is 5.33. The molecule has 1 N–H and O–H groups in total. The van der Waals surface area contributed by atoms with Crippen LogP contribution in [0, 0.1) is 0 Å². The number of thiophene rings is 1. The number of rotatable bonds is 6. The van der Waals surface area contributed by atoms with E-state index >= 15 is 0 Å². The monoisotopic (exact) mass is 336 g/mol. The van der Waals surface area contributed by atoms with E-state index in [4.69, 9.17) is 0 Å². The molecule has 2 aromatic heterocycles. The number of aliphatic hydroxyl groups is 1. The minimum atomic E-state index is -2.86. The van der Waals surface area contributed by atoms with E-state index in [1.54, 1.807) is 35.9 Å². The Kier molecular flexibility index (Phi) is 4.68. The van der Waals surface area contributed by atoms with Gasteiger partial charge in [-0.05, 0) is 29.1 Å². The summed E-state index contributed by atoms with van der Waals surface area (Å²) in [6, 6.07) is 9.88. The van der Waals surface area contributed by atoms with Crippen LogP contribution in [-0.4, -0.2) is 21.3 Å². The quantitative estimate of drug-likeness (QED) is 0.741. The molecule has 0 amide bonds. The van der Waals surface area contributed by atoms with Crippen molar-refractivity contribution in [3.63, 3.8) is 0 Å². The predicted molar refractivity (Wildman–Crippen MR) is 83.6 cm³/mol. The molecule has 0 aliphatic rings. The summed E-state index contributed by atoms with van der Waals surface area (Å²) in [5, 5.41) is 12.3. The molecule has 2 heterocycles. The molecule has 7 heteroatoms. The number of ether oxygens (including phenoxy) is 1. The molecular formula is C16H14F2N2O2S. The van der Waals surface area contributed by atoms with E-state index in [-0.39, 0.29) is 5.75 Å². The standard InChI is InChI=1S/C16H14F2N2O2S/c17-16(18)22-12-5-3-11(4-6-12)13(21)10-20-8-7-19-15(20)14-2-1-9-23-14/h1-9,13,16,21H,10H2. The van der Waals surface area contributed by atoms with Gasteiger partial charge in [0.25, 0.3) is 0 Å². The van der Waals surface area contributed by atoms with E-state index in [1.807, 2.05) is 22.1 Å². The summed E-state index contributed by atoms with van der Waals surface area (Å²) in [6.07, 6.45) is 2.71. The molecule has 1 unspecified atom stereocenters. The van der Waals surface area contributed by atoms with E-state index in [2.05, 4.69) is 9.72 Å². The zero-order valence-corrected chi connectivity index (χ0v) is 12.8. The van der Waals surface area contributed by atoms with E-state index in [9.17, 15) is 13.9 Å². The first-order valence-corrected chi connectivity index (χ1v) is 7.79. The summed E-state index contributed by atoms with van der Waals surface area (Å²) in [7, 11) is 0. The molecule has 0 fully saturated rings. The topological polar surface area (TPSA) is 47.3 Å². The second kappa shape index (κ2) is 6.89. The van der Waals surface area contributed by atoms with Gasteiger partial charge in [0.15, 0.2) is 0 Å². The number of alkyl halides is 2. The van der Waals surface area contributed by atoms with E-state index in [0.717, 1.165) is 10.7 Å². The van der Waals surface area contributed by atoms with Gasteiger partial charge in [0, 0.05) is 12.4 Å². The van der Waals surface area contributed by atoms with Crippen molar-refractivity contribution in [1.29, 1.82) is 0 Å². The molecule has 0 radical (unpaired) electrons. The highest BCUT2D eigenvalue weighted by molar-refractivity contribution is 7.13. The Bertz CT molecular complexity index is 742. The Balaban J connectivity index is 1.72. The van der Waals surface area contributed by atoms with Gasteiger partial charge in [-0.25, -0.2) is 4.98 Å². The number of benzene rings is 1. The number of aliphatic hydroxyl groups excluding tert-OH is 1. The summed E-state index contributed by atoms with van der Waals surface area (Å²) >= 11 is 1.57. The Hall–Kier alpha value is -2.25. The van der Waals surface area contributed by atoms with Crippen molar-refractivity contribution < 1.29 is 18.6 Å². The molecule has 3 aromatic rings. The lowest BCUT2D eigenvalue weighted by atomic mass is 10.1. The minimum Gasteiger partial charge on any atom is -0.435 e. The van der Waals surface area contributed by atoms with Gasteiger partial charge in [-0.2, -0.15) is 8.78 Å². The highest BCUT2D eigenvalue weighted by Crippen LogP contribution is 2.26. The Labute approximate surface area is 135 Å². The Morgan fingerprint density at radius 1 is 1.22 bits per heavy atom. The van der Waals surface area contributed by atoms with Gasteiger partial charge in [0.2, 0.25) is 0 Å². The van der Waals surface area contributed by atoms with Crippen LogP contribution in [-0.2, 0) is 6.54 Å². The molecule has 0 bridgehead atoms. The van der Waals surface area contributed by atoms with Crippen LogP contribution in [0.2, 0.25) is 0 Å². The van der Waals surface area contributed by atoms with Crippen LogP contribution < -0.4 is 4.74 Å². The molecule has 0 saturated carbocycles. The van der Waals surface area contributed by atoms with Crippen LogP contribution in [0.5, 0.6) is 5.75 Å². The van der Waals surface area contributed by atoms with Gasteiger partial charge >= 0.3 is 6.61 Å². The molecule has 0 spiro atoms. The Morgan fingerprint density at radius 3 is 2.65 bits per heavy atom. The van der Waals surface area contributed by atoms with Gasteiger partial charge in [0.05, 0.1) is 17.5 Å². The first-order valence-electron chi connectivity index (χ1n) is 6.91. The molecule has 23 heavy (non-hydrogen) atoms. The molecule has 1 atom stereocenters. The van der Waals surface area contributed by atoms with Crippen molar-refractivity contribution in [1.82, 2.24) is 9.55 Å². The zero-order chi connectivity index (χ0) is 16.2. The van der Waals surface area contributed by atoms with Gasteiger partial charge < -0.3 is 14.4 Å². The van der Waals surface area contributed by atoms with E-state index in [0.29, 0.717) is 12.1 Å². The number of nitrogens with zero attached hydrogens (tertiary/aromatic N) is 2. The van der Waals surface area contributed by atoms with E-state index in [1.165, 1.54) is 12.1 Å². The maximum Gasteiger partial charge on any atom is 0.387 e. The maximum atomic E-state index is 12.1. The highest BCUT2D eigenvalue weighted by Gasteiger charge is 2.13. The molecule has 0 aliphatic carbocycles. The minimum absolute atomic E-state index is 0.0675. The van der Waals surface area contributed by atoms with Gasteiger partial charge in [-0.3, -0.25) is 0 Å². The van der Waals surface area contributed by atoms with Crippen molar-refractivity contribution in [2.24, 2.45) is 0 Å². The first kappa shape index (κ1) is 15.6. The Morgan fingerprint density at radius 2 is 2.00 bits per heavy atom. The fourth-order valence-corrected chi connectivity index (χ4v) is 2.99. The third kappa shape index (κ3) is 3.75. The second-order valence-corrected chi connectivity index (χ2v) is 5.79. The van der Waals surface area contributed by atoms with E-state index < -0.39 is 12.7 Å². The largest absolute Gasteiger partial charge is 0.435 e. The lowest BCUT2D eigenvalue weighted by Gasteiger charge is -2.14. The first-order chi connectivity index (χ1) is 11.1. The fraction of sp³-hybridized carbons (Fsp3) is 0.188. The molecular weight excluding hydrogens is 322 g/mol. The van der Waals surface area contributed by atoms with Crippen LogP contribution in [0.25, 0.3) is 10.7 Å². The summed E-state index contributed by atoms with van der Waals surface area (Å²) in [5.41, 5.74) is 0.623. The van der Waals surface area contributed by atoms with Crippen LogP contribution in [0.15, 0.2) is 54.2 Å². The molecule has 120 valence electrons. The van der Waals surface area contributed by atoms with Crippen LogP contribution in [0.1, 0.15) is 11.7 Å². The fourth-order valence-electron chi connectivity index (χ4n) is 2.25. The number of hydrogen-bond acceptors (Lipinski definition) is 4. The van der Waals surface area contributed by atoms with Crippen LogP contribution in [0.4, 0.5) is 8.78 Å². The number of aromatic nitrogens is 2. The summed E-state index contributed by atoms with van der Waals surface area (Å²) in [5.74, 6) is 0.856. The van der Waals surface area contributed by atoms with Gasteiger partial charge in [-0.1, -0.05) is 18.2 Å². The van der Waals surface area contributed by atoms with Crippen molar-refractivity contribution in [2.75, 3.05) is 0 Å². The highest BCUT2D eigenvalue weighted by atomic mass is 32.1. The molecule has 0 saturated heterocycles. The van der Waals surface area contributed by atoms with Gasteiger partial charge in [-0.15, -0.1) is 11.3 Å². The lowest BCUT2D eigenvalue weighted by Crippen LogP contribution is -2.09. The molecule has 0 aliphatic heterocycles. The maximum absolute atomic E-state index is 12.1. The lowest BCUT2D eigenvalue weighted by molar-refractivity contribution is -0.0498. The average Bonchev–Trinajstić information content (AvgIpc) is 3.18. The van der Waals surface area contributed by atoms with Crippen LogP contribution in [0.3, 0.4) is 0 Å². The van der Waals surface area contributed by atoms with Crippen LogP contribution >= 0.6 is 11.3 Å². The molecule has 1 aromatic carbocycles. The molecule has 4 nitrogen and oxygen atoms in total. The smallest absolute Gasteiger partial charge is 0.387 e. The van der Waals surface area contributed by atoms with Crippen molar-refractivity contribution >= 4 is 11.3 Å². The third-order valence-electron chi connectivity index (χ3n) is 3.32. The van der Waals surface area contributed by atoms with Crippen molar-refractivity contribution in [3.8, 4) is 16.5 Å². The number of halogens is 2. The zero-order valence-electron chi connectivity index (χ0n) is 12.0. The molecule has 3 rings (SSSR count). The predicted octanol–water partition coefficient (Wildman–Crippen LogP) is 3.95. The summed E-state index contributed by atoms with van der Waals surface area (Å²) < 4.78 is 30.4. The average molecular weight is 336 g/mol. The summed E-state index contributed by atoms with van der Waals surface area (Å²) in [6.45, 7) is -2.53. The second-order valence-electron chi connectivity index (χ2n) is 4.84. The normalized spacial score (nSPS) is 12.5. The van der Waals surface area contributed by atoms with Gasteiger partial charge in [0.1, 0.15) is 11.6 Å². The number of hydrogen-bond donors (Lipinski definition) is 1. The SMILES string of the molecule is OC(Cn1ccnc1-c1cccs1)c1ccc(OC(F)F)cc1. The number of imidazole rings is 1. The van der Waals surface area contributed by atoms with Crippen molar-refractivity contribution in [2.45, 2.75) is 19.3 Å². The third-order valence-corrected chi connectivity index (χ3v) is 4.18.